The van der Waals surface area contributed by atoms with Crippen molar-refractivity contribution in [1.29, 1.82) is 0 Å². The molecule has 0 bridgehead atoms. The molecule has 1 fully saturated rings. The molecule has 6 rings (SSSR count). The third-order valence-corrected chi connectivity index (χ3v) is 7.17. The molecule has 0 atom stereocenters. The van der Waals surface area contributed by atoms with E-state index in [2.05, 4.69) is 37.0 Å². The molecule has 170 valence electrons. The maximum atomic E-state index is 11.9. The topological polar surface area (TPSA) is 86.5 Å². The van der Waals surface area contributed by atoms with Gasteiger partial charge in [-0.25, -0.2) is 4.98 Å². The number of furan rings is 1. The second-order valence-electron chi connectivity index (χ2n) is 9.63. The summed E-state index contributed by atoms with van der Waals surface area (Å²) in [6.45, 7) is 4.90. The Labute approximate surface area is 196 Å². The smallest absolute Gasteiger partial charge is 0.278 e. The van der Waals surface area contributed by atoms with Crippen molar-refractivity contribution in [2.24, 2.45) is 10.9 Å². The van der Waals surface area contributed by atoms with Crippen LogP contribution in [-0.2, 0) is 12.0 Å². The van der Waals surface area contributed by atoms with Gasteiger partial charge in [0.15, 0.2) is 5.76 Å². The molecule has 7 heteroatoms. The zero-order valence-corrected chi connectivity index (χ0v) is 19.1. The molecule has 7 nitrogen and oxygen atoms in total. The predicted octanol–water partition coefficient (Wildman–Crippen LogP) is 6.08. The third-order valence-electron chi connectivity index (χ3n) is 7.17. The third kappa shape index (κ3) is 3.11. The lowest BCUT2D eigenvalue weighted by molar-refractivity contribution is -0.385. The standard InChI is InChI=1S/C27H24N4O3/c1-17-13-27(2,14-17)18-9-10-21-20(12-18)25(19-6-3-4-7-22(19)31(32)33)28-15-23-26(29-16-30(21)23)24-8-5-11-34-24/h3-12,16-17H,13-15H2,1-2H3. The van der Waals surface area contributed by atoms with Crippen LogP contribution in [0.2, 0.25) is 0 Å². The molecule has 3 heterocycles. The van der Waals surface area contributed by atoms with Gasteiger partial charge >= 0.3 is 0 Å². The van der Waals surface area contributed by atoms with Gasteiger partial charge in [0.05, 0.1) is 40.4 Å². The number of benzene rings is 2. The summed E-state index contributed by atoms with van der Waals surface area (Å²) < 4.78 is 7.65. The summed E-state index contributed by atoms with van der Waals surface area (Å²) in [7, 11) is 0. The van der Waals surface area contributed by atoms with Gasteiger partial charge in [-0.3, -0.25) is 19.7 Å². The van der Waals surface area contributed by atoms with Crippen LogP contribution in [0.25, 0.3) is 17.1 Å². The van der Waals surface area contributed by atoms with Crippen LogP contribution in [-0.4, -0.2) is 20.2 Å². The molecule has 0 N–H and O–H groups in total. The van der Waals surface area contributed by atoms with E-state index >= 15 is 0 Å². The SMILES string of the molecule is CC1CC(C)(c2ccc3c(c2)C(c2ccccc2[N+](=O)[O-])=NCc2c(-c4ccco4)ncn2-3)C1. The normalized spacial score (nSPS) is 21.1. The van der Waals surface area contributed by atoms with Crippen LogP contribution in [0.4, 0.5) is 5.69 Å². The molecule has 34 heavy (non-hydrogen) atoms. The first-order valence-electron chi connectivity index (χ1n) is 11.5. The maximum absolute atomic E-state index is 11.9. The van der Waals surface area contributed by atoms with Gasteiger partial charge in [0.25, 0.3) is 5.69 Å². The van der Waals surface area contributed by atoms with Crippen LogP contribution in [0, 0.1) is 16.0 Å². The van der Waals surface area contributed by atoms with Crippen molar-refractivity contribution in [3.05, 3.63) is 99.7 Å². The van der Waals surface area contributed by atoms with Crippen molar-refractivity contribution in [3.8, 4) is 17.1 Å². The molecular formula is C27H24N4O3. The average Bonchev–Trinajstić information content (AvgIpc) is 3.45. The molecular weight excluding hydrogens is 428 g/mol. The summed E-state index contributed by atoms with van der Waals surface area (Å²) >= 11 is 0. The summed E-state index contributed by atoms with van der Waals surface area (Å²) in [6.07, 6.45) is 5.67. The van der Waals surface area contributed by atoms with Crippen molar-refractivity contribution in [1.82, 2.24) is 9.55 Å². The Morgan fingerprint density at radius 1 is 1.12 bits per heavy atom. The lowest BCUT2D eigenvalue weighted by atomic mass is 9.60. The van der Waals surface area contributed by atoms with E-state index in [4.69, 9.17) is 9.41 Å². The molecule has 1 aliphatic carbocycles. The van der Waals surface area contributed by atoms with Gasteiger partial charge in [-0.15, -0.1) is 0 Å². The van der Waals surface area contributed by atoms with Gasteiger partial charge in [0.2, 0.25) is 0 Å². The molecule has 0 amide bonds. The molecule has 4 aromatic rings. The number of imidazole rings is 1. The van der Waals surface area contributed by atoms with Crippen LogP contribution in [0.5, 0.6) is 0 Å². The molecule has 2 aromatic heterocycles. The highest BCUT2D eigenvalue weighted by molar-refractivity contribution is 6.17. The number of rotatable bonds is 4. The fraction of sp³-hybridized carbons (Fsp3) is 0.259. The monoisotopic (exact) mass is 452 g/mol. The van der Waals surface area contributed by atoms with Gasteiger partial charge in [-0.05, 0) is 60.1 Å². The highest BCUT2D eigenvalue weighted by atomic mass is 16.6. The Bertz CT molecular complexity index is 1440. The van der Waals surface area contributed by atoms with Crippen LogP contribution in [0.15, 0.2) is 76.6 Å². The Morgan fingerprint density at radius 2 is 1.94 bits per heavy atom. The number of hydrogen-bond acceptors (Lipinski definition) is 5. The number of fused-ring (bicyclic) bond motifs is 3. The molecule has 1 saturated carbocycles. The minimum atomic E-state index is -0.336. The van der Waals surface area contributed by atoms with E-state index < -0.39 is 0 Å². The maximum Gasteiger partial charge on any atom is 0.278 e. The van der Waals surface area contributed by atoms with Crippen LogP contribution in [0.1, 0.15) is 49.1 Å². The first-order valence-corrected chi connectivity index (χ1v) is 11.5. The fourth-order valence-electron chi connectivity index (χ4n) is 5.68. The average molecular weight is 453 g/mol. The van der Waals surface area contributed by atoms with Crippen molar-refractivity contribution < 1.29 is 9.34 Å². The van der Waals surface area contributed by atoms with Crippen LogP contribution < -0.4 is 0 Å². The van der Waals surface area contributed by atoms with Crippen LogP contribution in [0.3, 0.4) is 0 Å². The Hall–Kier alpha value is -4.00. The van der Waals surface area contributed by atoms with Crippen molar-refractivity contribution in [2.45, 2.75) is 38.6 Å². The fourth-order valence-corrected chi connectivity index (χ4v) is 5.68. The summed E-state index contributed by atoms with van der Waals surface area (Å²) in [4.78, 5) is 21.1. The number of nitrogens with zero attached hydrogens (tertiary/aromatic N) is 4. The predicted molar refractivity (Wildman–Crippen MR) is 129 cm³/mol. The largest absolute Gasteiger partial charge is 0.463 e. The lowest BCUT2D eigenvalue weighted by Gasteiger charge is -2.44. The van der Waals surface area contributed by atoms with E-state index in [0.717, 1.165) is 35.5 Å². The van der Waals surface area contributed by atoms with E-state index in [9.17, 15) is 10.1 Å². The molecule has 1 aliphatic heterocycles. The van der Waals surface area contributed by atoms with Crippen molar-refractivity contribution in [2.75, 3.05) is 0 Å². The quantitative estimate of drug-likeness (QED) is 0.277. The first kappa shape index (κ1) is 20.6. The summed E-state index contributed by atoms with van der Waals surface area (Å²) in [6, 6.07) is 17.0. The number of hydrogen-bond donors (Lipinski definition) is 0. The molecule has 0 unspecified atom stereocenters. The second kappa shape index (κ2) is 7.52. The van der Waals surface area contributed by atoms with Crippen molar-refractivity contribution in [3.63, 3.8) is 0 Å². The molecule has 0 spiro atoms. The highest BCUT2D eigenvalue weighted by Crippen LogP contribution is 2.48. The van der Waals surface area contributed by atoms with Crippen molar-refractivity contribution >= 4 is 11.4 Å². The lowest BCUT2D eigenvalue weighted by Crippen LogP contribution is -2.37. The second-order valence-corrected chi connectivity index (χ2v) is 9.63. The Kier molecular flexibility index (Phi) is 4.55. The number of nitro groups is 1. The number of aromatic nitrogens is 2. The zero-order valence-electron chi connectivity index (χ0n) is 19.1. The Morgan fingerprint density at radius 3 is 2.68 bits per heavy atom. The van der Waals surface area contributed by atoms with Gasteiger partial charge in [0.1, 0.15) is 12.0 Å². The minimum Gasteiger partial charge on any atom is -0.463 e. The number of nitro benzene ring substituents is 1. The summed E-state index contributed by atoms with van der Waals surface area (Å²) in [5.74, 6) is 1.37. The first-order chi connectivity index (χ1) is 16.4. The van der Waals surface area contributed by atoms with E-state index in [-0.39, 0.29) is 16.0 Å². The summed E-state index contributed by atoms with van der Waals surface area (Å²) in [5.41, 5.74) is 5.97. The Balaban J connectivity index is 1.59. The van der Waals surface area contributed by atoms with E-state index in [1.165, 1.54) is 11.6 Å². The minimum absolute atomic E-state index is 0.0528. The number of para-hydroxylation sites is 1. The van der Waals surface area contributed by atoms with E-state index in [1.807, 2.05) is 22.8 Å². The van der Waals surface area contributed by atoms with Gasteiger partial charge < -0.3 is 4.42 Å². The number of aliphatic imine (C=N–C) groups is 1. The van der Waals surface area contributed by atoms with E-state index in [1.54, 1.807) is 24.7 Å². The molecule has 2 aromatic carbocycles. The zero-order chi connectivity index (χ0) is 23.4. The van der Waals surface area contributed by atoms with Gasteiger partial charge in [0, 0.05) is 11.6 Å². The molecule has 0 saturated heterocycles. The van der Waals surface area contributed by atoms with Gasteiger partial charge in [-0.2, -0.15) is 0 Å². The molecule has 2 aliphatic rings. The van der Waals surface area contributed by atoms with Gasteiger partial charge in [-0.1, -0.05) is 32.0 Å². The van der Waals surface area contributed by atoms with E-state index in [0.29, 0.717) is 29.5 Å². The highest BCUT2D eigenvalue weighted by Gasteiger charge is 2.40. The summed E-state index contributed by atoms with van der Waals surface area (Å²) in [5, 5.41) is 11.9. The van der Waals surface area contributed by atoms with Crippen LogP contribution >= 0.6 is 0 Å². The molecule has 0 radical (unpaired) electrons.